The topological polar surface area (TPSA) is 49.7 Å². The summed E-state index contributed by atoms with van der Waals surface area (Å²) in [4.78, 5) is 0. The SMILES string of the molecule is C=CC.C=CC.COCCC(C)C.OCCO. The predicted molar refractivity (Wildman–Crippen MR) is 77.2 cm³/mol. The number of ether oxygens (including phenoxy) is 1. The van der Waals surface area contributed by atoms with Crippen LogP contribution in [-0.2, 0) is 4.74 Å². The molecule has 106 valence electrons. The Labute approximate surface area is 108 Å². The molecule has 0 aliphatic heterocycles. The maximum Gasteiger partial charge on any atom is 0.0662 e. The summed E-state index contributed by atoms with van der Waals surface area (Å²) in [5.41, 5.74) is 0. The third-order valence-electron chi connectivity index (χ3n) is 0.999. The number of aliphatic hydroxyl groups is 2. The molecule has 3 heteroatoms. The highest BCUT2D eigenvalue weighted by atomic mass is 16.5. The van der Waals surface area contributed by atoms with E-state index in [4.69, 9.17) is 14.9 Å². The molecule has 0 aromatic heterocycles. The largest absolute Gasteiger partial charge is 0.394 e. The van der Waals surface area contributed by atoms with E-state index in [2.05, 4.69) is 27.0 Å². The number of hydrogen-bond donors (Lipinski definition) is 2. The fourth-order valence-electron chi connectivity index (χ4n) is 0.354. The number of hydrogen-bond acceptors (Lipinski definition) is 3. The van der Waals surface area contributed by atoms with Crippen LogP contribution in [0.25, 0.3) is 0 Å². The van der Waals surface area contributed by atoms with Crippen molar-refractivity contribution in [3.8, 4) is 0 Å². The Morgan fingerprint density at radius 3 is 1.41 bits per heavy atom. The Kier molecular flexibility index (Phi) is 53.7. The van der Waals surface area contributed by atoms with Crippen molar-refractivity contribution < 1.29 is 14.9 Å². The van der Waals surface area contributed by atoms with E-state index >= 15 is 0 Å². The van der Waals surface area contributed by atoms with E-state index < -0.39 is 0 Å². The maximum atomic E-state index is 7.62. The zero-order chi connectivity index (χ0) is 14.5. The Balaban J connectivity index is -0.0000000726. The third-order valence-corrected chi connectivity index (χ3v) is 0.999. The summed E-state index contributed by atoms with van der Waals surface area (Å²) < 4.78 is 4.85. The summed E-state index contributed by atoms with van der Waals surface area (Å²) in [5.74, 6) is 0.778. The monoisotopic (exact) mass is 248 g/mol. The first-order chi connectivity index (χ1) is 8.01. The third kappa shape index (κ3) is 144. The van der Waals surface area contributed by atoms with Gasteiger partial charge in [0, 0.05) is 13.7 Å². The van der Waals surface area contributed by atoms with Gasteiger partial charge in [-0.2, -0.15) is 0 Å². The van der Waals surface area contributed by atoms with Crippen molar-refractivity contribution in [3.05, 3.63) is 25.3 Å². The molecule has 0 bridgehead atoms. The first kappa shape index (κ1) is 25.3. The van der Waals surface area contributed by atoms with Crippen molar-refractivity contribution in [1.82, 2.24) is 0 Å². The standard InChI is InChI=1S/C6H14O.2C3H6.C2H6O2/c1-6(2)4-5-7-3;2*1-3-2;3-1-2-4/h6H,4-5H2,1-3H3;2*3H,1H2,2H3;3-4H,1-2H2. The van der Waals surface area contributed by atoms with E-state index in [9.17, 15) is 0 Å². The van der Waals surface area contributed by atoms with Crippen LogP contribution in [0.3, 0.4) is 0 Å². The molecule has 0 fully saturated rings. The number of methoxy groups -OCH3 is 1. The van der Waals surface area contributed by atoms with Gasteiger partial charge in [-0.25, -0.2) is 0 Å². The molecule has 0 aromatic carbocycles. The van der Waals surface area contributed by atoms with E-state index in [1.165, 1.54) is 6.42 Å². The van der Waals surface area contributed by atoms with Crippen molar-refractivity contribution in [2.45, 2.75) is 34.1 Å². The summed E-state index contributed by atoms with van der Waals surface area (Å²) in [7, 11) is 1.74. The van der Waals surface area contributed by atoms with Crippen molar-refractivity contribution >= 4 is 0 Å². The lowest BCUT2D eigenvalue weighted by Crippen LogP contribution is -1.93. The molecule has 0 saturated heterocycles. The molecular formula is C14H32O3. The first-order valence-corrected chi connectivity index (χ1v) is 5.86. The fraction of sp³-hybridized carbons (Fsp3) is 0.714. The highest BCUT2D eigenvalue weighted by Crippen LogP contribution is 1.96. The molecule has 0 aliphatic rings. The average Bonchev–Trinajstić information content (AvgIpc) is 2.29. The predicted octanol–water partition coefficient (Wildman–Crippen LogP) is 3.03. The summed E-state index contributed by atoms with van der Waals surface area (Å²) in [6.07, 6.45) is 4.68. The van der Waals surface area contributed by atoms with E-state index in [1.54, 1.807) is 19.3 Å². The highest BCUT2D eigenvalue weighted by molar-refractivity contribution is 4.52. The van der Waals surface area contributed by atoms with Crippen LogP contribution in [-0.4, -0.2) is 37.1 Å². The summed E-state index contributed by atoms with van der Waals surface area (Å²) >= 11 is 0. The van der Waals surface area contributed by atoms with Crippen LogP contribution in [0.1, 0.15) is 34.1 Å². The van der Waals surface area contributed by atoms with Gasteiger partial charge in [0.05, 0.1) is 13.2 Å². The van der Waals surface area contributed by atoms with Crippen LogP contribution in [0.2, 0.25) is 0 Å². The fourth-order valence-corrected chi connectivity index (χ4v) is 0.354. The van der Waals surface area contributed by atoms with Gasteiger partial charge in [0.25, 0.3) is 0 Å². The quantitative estimate of drug-likeness (QED) is 0.752. The number of allylic oxidation sites excluding steroid dienone is 2. The lowest BCUT2D eigenvalue weighted by Gasteiger charge is -1.99. The van der Waals surface area contributed by atoms with Gasteiger partial charge in [0.1, 0.15) is 0 Å². The van der Waals surface area contributed by atoms with Crippen molar-refractivity contribution in [2.75, 3.05) is 26.9 Å². The molecule has 0 amide bonds. The number of aliphatic hydroxyl groups excluding tert-OH is 2. The van der Waals surface area contributed by atoms with Crippen LogP contribution in [0, 0.1) is 5.92 Å². The molecule has 17 heavy (non-hydrogen) atoms. The molecule has 0 unspecified atom stereocenters. The van der Waals surface area contributed by atoms with Gasteiger partial charge in [-0.3, -0.25) is 0 Å². The van der Waals surface area contributed by atoms with Gasteiger partial charge < -0.3 is 14.9 Å². The van der Waals surface area contributed by atoms with Crippen molar-refractivity contribution in [3.63, 3.8) is 0 Å². The summed E-state index contributed by atoms with van der Waals surface area (Å²) in [5, 5.41) is 15.2. The molecular weight excluding hydrogens is 216 g/mol. The van der Waals surface area contributed by atoms with Crippen LogP contribution in [0.5, 0.6) is 0 Å². The van der Waals surface area contributed by atoms with Gasteiger partial charge in [-0.1, -0.05) is 26.0 Å². The van der Waals surface area contributed by atoms with Crippen molar-refractivity contribution in [2.24, 2.45) is 5.92 Å². The van der Waals surface area contributed by atoms with E-state index in [-0.39, 0.29) is 13.2 Å². The Morgan fingerprint density at radius 2 is 1.35 bits per heavy atom. The zero-order valence-electron chi connectivity index (χ0n) is 12.3. The van der Waals surface area contributed by atoms with E-state index in [0.29, 0.717) is 0 Å². The zero-order valence-corrected chi connectivity index (χ0v) is 12.3. The smallest absolute Gasteiger partial charge is 0.0662 e. The van der Waals surface area contributed by atoms with Crippen LogP contribution >= 0.6 is 0 Å². The molecule has 0 aliphatic carbocycles. The second-order valence-corrected chi connectivity index (χ2v) is 3.44. The molecule has 2 N–H and O–H groups in total. The average molecular weight is 248 g/mol. The van der Waals surface area contributed by atoms with Gasteiger partial charge in [-0.15, -0.1) is 13.2 Å². The highest BCUT2D eigenvalue weighted by Gasteiger charge is 1.89. The van der Waals surface area contributed by atoms with Crippen molar-refractivity contribution in [1.29, 1.82) is 0 Å². The molecule has 0 heterocycles. The maximum absolute atomic E-state index is 7.62. The van der Waals surface area contributed by atoms with Gasteiger partial charge in [-0.05, 0) is 26.2 Å². The van der Waals surface area contributed by atoms with Crippen LogP contribution in [0.4, 0.5) is 0 Å². The Morgan fingerprint density at radius 1 is 1.06 bits per heavy atom. The summed E-state index contributed by atoms with van der Waals surface area (Å²) in [6, 6.07) is 0. The second-order valence-electron chi connectivity index (χ2n) is 3.44. The minimum absolute atomic E-state index is 0.125. The van der Waals surface area contributed by atoms with E-state index in [0.717, 1.165) is 12.5 Å². The lowest BCUT2D eigenvalue weighted by atomic mass is 10.1. The Bertz CT molecular complexity index is 104. The van der Waals surface area contributed by atoms with Crippen LogP contribution < -0.4 is 0 Å². The molecule has 0 radical (unpaired) electrons. The van der Waals surface area contributed by atoms with E-state index in [1.807, 2.05) is 13.8 Å². The first-order valence-electron chi connectivity index (χ1n) is 5.86. The Hall–Kier alpha value is -0.640. The minimum atomic E-state index is -0.125. The molecule has 0 spiro atoms. The molecule has 0 aromatic rings. The lowest BCUT2D eigenvalue weighted by molar-refractivity contribution is 0.183. The molecule has 0 rings (SSSR count). The molecule has 0 saturated carbocycles. The van der Waals surface area contributed by atoms with Gasteiger partial charge in [0.2, 0.25) is 0 Å². The molecule has 0 atom stereocenters. The number of rotatable bonds is 4. The molecule has 3 nitrogen and oxygen atoms in total. The second kappa shape index (κ2) is 36.2. The van der Waals surface area contributed by atoms with Gasteiger partial charge >= 0.3 is 0 Å². The van der Waals surface area contributed by atoms with Gasteiger partial charge in [0.15, 0.2) is 0 Å². The summed E-state index contributed by atoms with van der Waals surface area (Å²) in [6.45, 7) is 15.5. The normalized spacial score (nSPS) is 7.53. The minimum Gasteiger partial charge on any atom is -0.394 e. The van der Waals surface area contributed by atoms with Crippen LogP contribution in [0.15, 0.2) is 25.3 Å².